The first-order chi connectivity index (χ1) is 17.6. The predicted octanol–water partition coefficient (Wildman–Crippen LogP) is 4.94. The van der Waals surface area contributed by atoms with Crippen LogP contribution in [-0.4, -0.2) is 38.2 Å². The van der Waals surface area contributed by atoms with Gasteiger partial charge in [0.2, 0.25) is 11.8 Å². The van der Waals surface area contributed by atoms with Crippen molar-refractivity contribution in [1.29, 1.82) is 0 Å². The molecule has 1 N–H and O–H groups in total. The lowest BCUT2D eigenvalue weighted by atomic mass is 10.1. The van der Waals surface area contributed by atoms with E-state index in [1.807, 2.05) is 31.2 Å². The molecule has 2 amide bonds. The molecule has 10 heteroatoms. The maximum atomic E-state index is 13.6. The molecule has 1 heterocycles. The van der Waals surface area contributed by atoms with E-state index in [0.717, 1.165) is 27.4 Å². The molecular weight excluding hydrogens is 533 g/mol. The first kappa shape index (κ1) is 27.0. The van der Waals surface area contributed by atoms with Gasteiger partial charge in [0.25, 0.3) is 10.0 Å². The third-order valence-electron chi connectivity index (χ3n) is 6.16. The zero-order valence-corrected chi connectivity index (χ0v) is 22.6. The fourth-order valence-corrected chi connectivity index (χ4v) is 6.10. The maximum absolute atomic E-state index is 13.6. The highest BCUT2D eigenvalue weighted by molar-refractivity contribution is 7.92. The van der Waals surface area contributed by atoms with Gasteiger partial charge in [-0.05, 0) is 54.8 Å². The number of halogens is 2. The van der Waals surface area contributed by atoms with Crippen molar-refractivity contribution >= 4 is 50.7 Å². The van der Waals surface area contributed by atoms with Gasteiger partial charge in [-0.3, -0.25) is 13.9 Å². The van der Waals surface area contributed by atoms with Gasteiger partial charge in [-0.15, -0.1) is 0 Å². The van der Waals surface area contributed by atoms with Crippen molar-refractivity contribution in [2.75, 3.05) is 17.4 Å². The summed E-state index contributed by atoms with van der Waals surface area (Å²) in [6, 6.07) is 18.3. The molecule has 4 rings (SSSR count). The molecule has 7 nitrogen and oxygen atoms in total. The summed E-state index contributed by atoms with van der Waals surface area (Å²) in [6.07, 6.45) is 1.40. The molecule has 0 unspecified atom stereocenters. The molecule has 0 atom stereocenters. The molecule has 0 bridgehead atoms. The molecule has 1 aliphatic heterocycles. The number of hydrogen-bond donors (Lipinski definition) is 1. The second-order valence-electron chi connectivity index (χ2n) is 8.92. The summed E-state index contributed by atoms with van der Waals surface area (Å²) >= 11 is 12.3. The summed E-state index contributed by atoms with van der Waals surface area (Å²) in [7, 11) is -4.10. The first-order valence-corrected chi connectivity index (χ1v) is 14.0. The molecule has 1 saturated heterocycles. The van der Waals surface area contributed by atoms with E-state index in [9.17, 15) is 18.0 Å². The number of carbonyl (C=O) groups is 2. The zero-order valence-electron chi connectivity index (χ0n) is 20.3. The first-order valence-electron chi connectivity index (χ1n) is 11.8. The molecule has 0 aromatic heterocycles. The van der Waals surface area contributed by atoms with Crippen LogP contribution in [0.3, 0.4) is 0 Å². The van der Waals surface area contributed by atoms with Gasteiger partial charge in [0.15, 0.2) is 0 Å². The number of sulfonamides is 1. The van der Waals surface area contributed by atoms with Crippen LogP contribution in [0.5, 0.6) is 0 Å². The van der Waals surface area contributed by atoms with Crippen LogP contribution in [0.15, 0.2) is 71.6 Å². The quantitative estimate of drug-likeness (QED) is 0.402. The number of hydrogen-bond acceptors (Lipinski definition) is 4. The van der Waals surface area contributed by atoms with E-state index in [2.05, 4.69) is 5.32 Å². The van der Waals surface area contributed by atoms with Crippen molar-refractivity contribution in [3.05, 3.63) is 93.5 Å². The van der Waals surface area contributed by atoms with E-state index in [0.29, 0.717) is 19.5 Å². The van der Waals surface area contributed by atoms with Gasteiger partial charge in [-0.25, -0.2) is 8.42 Å². The molecule has 0 spiro atoms. The van der Waals surface area contributed by atoms with Crippen LogP contribution in [0.4, 0.5) is 5.69 Å². The number of benzene rings is 3. The molecule has 0 saturated carbocycles. The molecule has 3 aromatic rings. The topological polar surface area (TPSA) is 86.8 Å². The van der Waals surface area contributed by atoms with Crippen LogP contribution in [0, 0.1) is 6.92 Å². The maximum Gasteiger partial charge on any atom is 0.264 e. The van der Waals surface area contributed by atoms with Crippen LogP contribution < -0.4 is 9.62 Å². The number of nitrogens with one attached hydrogen (secondary N) is 1. The number of likely N-dealkylation sites (tertiary alicyclic amines) is 1. The standard InChI is InChI=1S/C27H27Cl2N3O4S/c1-19-8-10-25(11-9-19)37(35,36)32(24-14-22(28)13-23(29)15-24)18-26(33)30-16-20-5-2-3-6-21(20)17-31-12-4-7-27(31)34/h2-3,5-6,8-11,13-15H,4,7,12,16-18H2,1H3,(H,30,33). The number of amides is 2. The minimum absolute atomic E-state index is 0.0441. The van der Waals surface area contributed by atoms with Crippen LogP contribution in [0.1, 0.15) is 29.5 Å². The third-order valence-corrected chi connectivity index (χ3v) is 8.38. The van der Waals surface area contributed by atoms with Gasteiger partial charge in [0.05, 0.1) is 10.6 Å². The Hall–Kier alpha value is -3.07. The number of anilines is 1. The Kier molecular flexibility index (Phi) is 8.42. The number of aryl methyl sites for hydroxylation is 1. The Labute approximate surface area is 227 Å². The molecular formula is C27H27Cl2N3O4S. The average Bonchev–Trinajstić information content (AvgIpc) is 3.25. The van der Waals surface area contributed by atoms with Gasteiger partial charge in [-0.1, -0.05) is 65.2 Å². The summed E-state index contributed by atoms with van der Waals surface area (Å²) in [4.78, 5) is 27.0. The number of carbonyl (C=O) groups excluding carboxylic acids is 2. The van der Waals surface area contributed by atoms with E-state index in [1.165, 1.54) is 30.3 Å². The molecule has 1 aliphatic rings. The number of rotatable bonds is 9. The zero-order chi connectivity index (χ0) is 26.6. The number of nitrogens with zero attached hydrogens (tertiary/aromatic N) is 2. The SMILES string of the molecule is Cc1ccc(S(=O)(=O)N(CC(=O)NCc2ccccc2CN2CCCC2=O)c2cc(Cl)cc(Cl)c2)cc1. The van der Waals surface area contributed by atoms with E-state index in [-0.39, 0.29) is 33.1 Å². The Balaban J connectivity index is 1.55. The Morgan fingerprint density at radius 1 is 1.00 bits per heavy atom. The largest absolute Gasteiger partial charge is 0.350 e. The van der Waals surface area contributed by atoms with E-state index < -0.39 is 22.5 Å². The summed E-state index contributed by atoms with van der Waals surface area (Å²) in [5, 5.41) is 3.32. The van der Waals surface area contributed by atoms with Gasteiger partial charge in [0, 0.05) is 36.1 Å². The van der Waals surface area contributed by atoms with Gasteiger partial charge >= 0.3 is 0 Å². The van der Waals surface area contributed by atoms with Crippen molar-refractivity contribution in [3.8, 4) is 0 Å². The van der Waals surface area contributed by atoms with Gasteiger partial charge in [-0.2, -0.15) is 0 Å². The average molecular weight is 561 g/mol. The highest BCUT2D eigenvalue weighted by atomic mass is 35.5. The van der Waals surface area contributed by atoms with Crippen LogP contribution in [-0.2, 0) is 32.7 Å². The van der Waals surface area contributed by atoms with Crippen molar-refractivity contribution < 1.29 is 18.0 Å². The van der Waals surface area contributed by atoms with Crippen molar-refractivity contribution in [3.63, 3.8) is 0 Å². The molecule has 37 heavy (non-hydrogen) atoms. The summed E-state index contributed by atoms with van der Waals surface area (Å²) in [5.41, 5.74) is 2.88. The fourth-order valence-electron chi connectivity index (χ4n) is 4.18. The lowest BCUT2D eigenvalue weighted by molar-refractivity contribution is -0.128. The molecule has 0 radical (unpaired) electrons. The Morgan fingerprint density at radius 2 is 1.65 bits per heavy atom. The third kappa shape index (κ3) is 6.63. The summed E-state index contributed by atoms with van der Waals surface area (Å²) in [6.45, 7) is 2.76. The van der Waals surface area contributed by atoms with Crippen LogP contribution in [0.25, 0.3) is 0 Å². The van der Waals surface area contributed by atoms with Crippen molar-refractivity contribution in [1.82, 2.24) is 10.2 Å². The predicted molar refractivity (Wildman–Crippen MR) is 145 cm³/mol. The monoisotopic (exact) mass is 559 g/mol. The Bertz CT molecular complexity index is 1390. The molecule has 0 aliphatic carbocycles. The van der Waals surface area contributed by atoms with Crippen molar-refractivity contribution in [2.45, 2.75) is 37.8 Å². The second kappa shape index (κ2) is 11.5. The Morgan fingerprint density at radius 3 is 2.27 bits per heavy atom. The summed E-state index contributed by atoms with van der Waals surface area (Å²) in [5.74, 6) is -0.380. The second-order valence-corrected chi connectivity index (χ2v) is 11.7. The molecule has 1 fully saturated rings. The smallest absolute Gasteiger partial charge is 0.264 e. The van der Waals surface area contributed by atoms with Gasteiger partial charge < -0.3 is 10.2 Å². The highest BCUT2D eigenvalue weighted by Crippen LogP contribution is 2.30. The minimum atomic E-state index is -4.10. The lowest BCUT2D eigenvalue weighted by Crippen LogP contribution is -2.40. The molecule has 194 valence electrons. The summed E-state index contributed by atoms with van der Waals surface area (Å²) < 4.78 is 28.2. The highest BCUT2D eigenvalue weighted by Gasteiger charge is 2.28. The normalized spacial score (nSPS) is 13.6. The molecule has 3 aromatic carbocycles. The minimum Gasteiger partial charge on any atom is -0.350 e. The van der Waals surface area contributed by atoms with Crippen LogP contribution in [0.2, 0.25) is 10.0 Å². The fraction of sp³-hybridized carbons (Fsp3) is 0.259. The van der Waals surface area contributed by atoms with Crippen molar-refractivity contribution in [2.24, 2.45) is 0 Å². The van der Waals surface area contributed by atoms with Gasteiger partial charge in [0.1, 0.15) is 6.54 Å². The van der Waals surface area contributed by atoms with E-state index >= 15 is 0 Å². The van der Waals surface area contributed by atoms with E-state index in [4.69, 9.17) is 23.2 Å². The lowest BCUT2D eigenvalue weighted by Gasteiger charge is -2.25. The van der Waals surface area contributed by atoms with Crippen LogP contribution >= 0.6 is 23.2 Å². The van der Waals surface area contributed by atoms with E-state index in [1.54, 1.807) is 17.0 Å².